The second kappa shape index (κ2) is 5.98. The van der Waals surface area contributed by atoms with Crippen molar-refractivity contribution in [2.24, 2.45) is 0 Å². The van der Waals surface area contributed by atoms with Gasteiger partial charge in [-0.05, 0) is 29.6 Å². The first-order valence-electron chi connectivity index (χ1n) is 6.56. The molecule has 0 unspecified atom stereocenters. The number of carbonyl (C=O) groups excluding carboxylic acids is 2. The van der Waals surface area contributed by atoms with Gasteiger partial charge < -0.3 is 10.1 Å². The van der Waals surface area contributed by atoms with E-state index in [1.165, 1.54) is 18.4 Å². The van der Waals surface area contributed by atoms with E-state index in [1.54, 1.807) is 18.2 Å². The van der Waals surface area contributed by atoms with Crippen molar-refractivity contribution in [3.05, 3.63) is 46.3 Å². The lowest BCUT2D eigenvalue weighted by molar-refractivity contribution is -0.115. The lowest BCUT2D eigenvalue weighted by Gasteiger charge is -2.04. The quantitative estimate of drug-likeness (QED) is 0.725. The predicted molar refractivity (Wildman–Crippen MR) is 84.1 cm³/mol. The molecule has 22 heavy (non-hydrogen) atoms. The van der Waals surface area contributed by atoms with Crippen LogP contribution in [0.3, 0.4) is 0 Å². The topological polar surface area (TPSA) is 84.1 Å². The van der Waals surface area contributed by atoms with Gasteiger partial charge in [-0.2, -0.15) is 5.10 Å². The molecule has 0 saturated heterocycles. The number of nitrogens with zero attached hydrogens (tertiary/aromatic N) is 1. The highest BCUT2D eigenvalue weighted by atomic mass is 32.1. The zero-order chi connectivity index (χ0) is 15.5. The number of benzene rings is 1. The fraction of sp³-hybridized carbons (Fsp3) is 0.133. The summed E-state index contributed by atoms with van der Waals surface area (Å²) < 4.78 is 4.69. The van der Waals surface area contributed by atoms with E-state index in [9.17, 15) is 9.59 Å². The lowest BCUT2D eigenvalue weighted by atomic mass is 10.2. The van der Waals surface area contributed by atoms with Crippen molar-refractivity contribution < 1.29 is 14.3 Å². The second-order valence-electron chi connectivity index (χ2n) is 4.63. The van der Waals surface area contributed by atoms with Crippen LogP contribution in [-0.4, -0.2) is 29.2 Å². The third-order valence-electron chi connectivity index (χ3n) is 3.14. The SMILES string of the molecule is COC(=O)c1n[nH]c2ccc(NC(=O)Cc3cccs3)cc12. The van der Waals surface area contributed by atoms with Gasteiger partial charge in [0.15, 0.2) is 5.69 Å². The Labute approximate surface area is 130 Å². The molecule has 1 amide bonds. The number of amides is 1. The zero-order valence-corrected chi connectivity index (χ0v) is 12.6. The van der Waals surface area contributed by atoms with Crippen LogP contribution in [0.4, 0.5) is 5.69 Å². The lowest BCUT2D eigenvalue weighted by Crippen LogP contribution is -2.13. The minimum absolute atomic E-state index is 0.107. The average molecular weight is 315 g/mol. The molecule has 2 N–H and O–H groups in total. The molecule has 2 heterocycles. The number of fused-ring (bicyclic) bond motifs is 1. The molecule has 6 nitrogen and oxygen atoms in total. The molecule has 3 rings (SSSR count). The van der Waals surface area contributed by atoms with Gasteiger partial charge >= 0.3 is 5.97 Å². The molecule has 2 aromatic heterocycles. The van der Waals surface area contributed by atoms with Crippen LogP contribution >= 0.6 is 11.3 Å². The Morgan fingerprint density at radius 3 is 2.95 bits per heavy atom. The van der Waals surface area contributed by atoms with Gasteiger partial charge in [-0.1, -0.05) is 6.07 Å². The molecule has 7 heteroatoms. The summed E-state index contributed by atoms with van der Waals surface area (Å²) in [5.74, 6) is -0.627. The maximum Gasteiger partial charge on any atom is 0.359 e. The predicted octanol–water partition coefficient (Wildman–Crippen LogP) is 2.59. The number of thiophene rings is 1. The number of rotatable bonds is 4. The van der Waals surface area contributed by atoms with Crippen LogP contribution in [0.1, 0.15) is 15.4 Å². The summed E-state index contributed by atoms with van der Waals surface area (Å²) >= 11 is 1.54. The van der Waals surface area contributed by atoms with Gasteiger partial charge in [0.1, 0.15) is 0 Å². The first-order chi connectivity index (χ1) is 10.7. The minimum atomic E-state index is -0.520. The Bertz CT molecular complexity index is 824. The summed E-state index contributed by atoms with van der Waals surface area (Å²) in [7, 11) is 1.30. The van der Waals surface area contributed by atoms with Crippen LogP contribution in [-0.2, 0) is 16.0 Å². The van der Waals surface area contributed by atoms with Crippen molar-refractivity contribution in [1.82, 2.24) is 10.2 Å². The standard InChI is InChI=1S/C15H13N3O3S/c1-21-15(20)14-11-7-9(4-5-12(11)17-18-14)16-13(19)8-10-3-2-6-22-10/h2-7H,8H2,1H3,(H,16,19)(H,17,18). The number of anilines is 1. The molecule has 0 bridgehead atoms. The molecule has 0 atom stereocenters. The maximum atomic E-state index is 12.0. The van der Waals surface area contributed by atoms with Crippen molar-refractivity contribution in [3.8, 4) is 0 Å². The largest absolute Gasteiger partial charge is 0.464 e. The van der Waals surface area contributed by atoms with Crippen molar-refractivity contribution in [2.75, 3.05) is 12.4 Å². The van der Waals surface area contributed by atoms with E-state index < -0.39 is 5.97 Å². The van der Waals surface area contributed by atoms with E-state index in [1.807, 2.05) is 17.5 Å². The first kappa shape index (κ1) is 14.3. The molecular formula is C15H13N3O3S. The highest BCUT2D eigenvalue weighted by molar-refractivity contribution is 7.10. The van der Waals surface area contributed by atoms with E-state index in [-0.39, 0.29) is 11.6 Å². The molecule has 0 aliphatic heterocycles. The number of nitrogens with one attached hydrogen (secondary N) is 2. The number of H-pyrrole nitrogens is 1. The van der Waals surface area contributed by atoms with Gasteiger partial charge in [0, 0.05) is 16.0 Å². The van der Waals surface area contributed by atoms with Gasteiger partial charge in [-0.15, -0.1) is 11.3 Å². The van der Waals surface area contributed by atoms with Crippen LogP contribution < -0.4 is 5.32 Å². The monoisotopic (exact) mass is 315 g/mol. The number of esters is 1. The Kier molecular flexibility index (Phi) is 3.88. The second-order valence-corrected chi connectivity index (χ2v) is 5.66. The molecule has 3 aromatic rings. The van der Waals surface area contributed by atoms with Crippen molar-refractivity contribution in [1.29, 1.82) is 0 Å². The number of ether oxygens (including phenoxy) is 1. The number of aromatic amines is 1. The fourth-order valence-electron chi connectivity index (χ4n) is 2.12. The third kappa shape index (κ3) is 2.84. The van der Waals surface area contributed by atoms with E-state index >= 15 is 0 Å². The molecule has 1 aromatic carbocycles. The Morgan fingerprint density at radius 2 is 2.23 bits per heavy atom. The van der Waals surface area contributed by atoms with Crippen LogP contribution in [0.25, 0.3) is 10.9 Å². The zero-order valence-electron chi connectivity index (χ0n) is 11.8. The molecule has 112 valence electrons. The summed E-state index contributed by atoms with van der Waals surface area (Å²) in [6.07, 6.45) is 0.324. The highest BCUT2D eigenvalue weighted by Crippen LogP contribution is 2.21. The Hall–Kier alpha value is -2.67. The summed E-state index contributed by atoms with van der Waals surface area (Å²) in [5.41, 5.74) is 1.52. The number of methoxy groups -OCH3 is 1. The van der Waals surface area contributed by atoms with Crippen LogP contribution in [0.15, 0.2) is 35.7 Å². The minimum Gasteiger partial charge on any atom is -0.464 e. The van der Waals surface area contributed by atoms with Crippen LogP contribution in [0.5, 0.6) is 0 Å². The molecule has 0 aliphatic carbocycles. The Balaban J connectivity index is 1.82. The van der Waals surface area contributed by atoms with Crippen LogP contribution in [0.2, 0.25) is 0 Å². The van der Waals surface area contributed by atoms with Crippen molar-refractivity contribution >= 4 is 39.8 Å². The molecular weight excluding hydrogens is 302 g/mol. The molecule has 0 saturated carbocycles. The van der Waals surface area contributed by atoms with Gasteiger partial charge in [0.05, 0.1) is 19.0 Å². The van der Waals surface area contributed by atoms with E-state index in [0.29, 0.717) is 23.0 Å². The molecule has 0 spiro atoms. The summed E-state index contributed by atoms with van der Waals surface area (Å²) in [6, 6.07) is 9.05. The molecule has 0 radical (unpaired) electrons. The summed E-state index contributed by atoms with van der Waals surface area (Å²) in [4.78, 5) is 24.6. The third-order valence-corrected chi connectivity index (χ3v) is 4.02. The fourth-order valence-corrected chi connectivity index (χ4v) is 2.82. The number of carbonyl (C=O) groups is 2. The van der Waals surface area contributed by atoms with E-state index in [2.05, 4.69) is 20.3 Å². The molecule has 0 fully saturated rings. The van der Waals surface area contributed by atoms with Gasteiger partial charge in [0.25, 0.3) is 0 Å². The van der Waals surface area contributed by atoms with Gasteiger partial charge in [-0.3, -0.25) is 9.89 Å². The summed E-state index contributed by atoms with van der Waals surface area (Å²) in [6.45, 7) is 0. The summed E-state index contributed by atoms with van der Waals surface area (Å²) in [5, 5.41) is 12.1. The van der Waals surface area contributed by atoms with Gasteiger partial charge in [0.2, 0.25) is 5.91 Å². The smallest absolute Gasteiger partial charge is 0.359 e. The van der Waals surface area contributed by atoms with Gasteiger partial charge in [-0.25, -0.2) is 4.79 Å². The number of aromatic nitrogens is 2. The first-order valence-corrected chi connectivity index (χ1v) is 7.44. The Morgan fingerprint density at radius 1 is 1.36 bits per heavy atom. The molecule has 0 aliphatic rings. The van der Waals surface area contributed by atoms with E-state index in [0.717, 1.165) is 4.88 Å². The maximum absolute atomic E-state index is 12.0. The van der Waals surface area contributed by atoms with Crippen molar-refractivity contribution in [3.63, 3.8) is 0 Å². The highest BCUT2D eigenvalue weighted by Gasteiger charge is 2.15. The van der Waals surface area contributed by atoms with Crippen molar-refractivity contribution in [2.45, 2.75) is 6.42 Å². The van der Waals surface area contributed by atoms with Crippen LogP contribution in [0, 0.1) is 0 Å². The normalized spacial score (nSPS) is 10.6. The average Bonchev–Trinajstić information content (AvgIpc) is 3.15. The van der Waals surface area contributed by atoms with E-state index in [4.69, 9.17) is 0 Å². The number of hydrogen-bond donors (Lipinski definition) is 2. The number of hydrogen-bond acceptors (Lipinski definition) is 5.